The molecule has 0 radical (unpaired) electrons. The number of pyridine rings is 4. The fourth-order valence-electron chi connectivity index (χ4n) is 6.70. The highest BCUT2D eigenvalue weighted by molar-refractivity contribution is 5.96. The zero-order chi connectivity index (χ0) is 33.5. The van der Waals surface area contributed by atoms with Gasteiger partial charge in [-0.05, 0) is 48.5 Å². The van der Waals surface area contributed by atoms with Gasteiger partial charge < -0.3 is 20.4 Å². The van der Waals surface area contributed by atoms with E-state index in [2.05, 4.69) is 68.5 Å². The molecule has 0 bridgehead atoms. The smallest absolute Gasteiger partial charge is 0.148 e. The maximum absolute atomic E-state index is 9.76. The molecule has 0 unspecified atom stereocenters. The third-order valence-electron chi connectivity index (χ3n) is 9.12. The van der Waals surface area contributed by atoms with Gasteiger partial charge in [0.05, 0.1) is 71.3 Å². The Hall–Kier alpha value is -5.68. The average Bonchev–Trinajstić information content (AvgIpc) is 3.17. The molecule has 0 spiro atoms. The van der Waals surface area contributed by atoms with Crippen molar-refractivity contribution < 1.29 is 20.4 Å². The first-order chi connectivity index (χ1) is 24.0. The Morgan fingerprint density at radius 2 is 0.571 bits per heavy atom. The number of quaternary nitrogens is 1. The van der Waals surface area contributed by atoms with Crippen molar-refractivity contribution in [1.29, 1.82) is 0 Å². The molecule has 0 fully saturated rings. The van der Waals surface area contributed by atoms with E-state index in [4.69, 9.17) is 0 Å². The van der Waals surface area contributed by atoms with Gasteiger partial charge in [-0.15, -0.1) is 0 Å². The molecule has 4 heterocycles. The van der Waals surface area contributed by atoms with E-state index in [0.717, 1.165) is 66.4 Å². The Balaban J connectivity index is 1.49. The van der Waals surface area contributed by atoms with Crippen molar-refractivity contribution in [2.24, 2.45) is 0 Å². The fourth-order valence-corrected chi connectivity index (χ4v) is 6.70. The van der Waals surface area contributed by atoms with Crippen LogP contribution in [0.2, 0.25) is 0 Å². The van der Waals surface area contributed by atoms with Crippen LogP contribution in [0.4, 0.5) is 22.7 Å². The molecule has 0 aliphatic rings. The second-order valence-corrected chi connectivity index (χ2v) is 12.0. The Morgan fingerprint density at radius 1 is 0.327 bits per heavy atom. The molecule has 4 N–H and O–H groups in total. The highest BCUT2D eigenvalue weighted by Crippen LogP contribution is 2.53. The summed E-state index contributed by atoms with van der Waals surface area (Å²) in [6, 6.07) is 40.0. The number of benzene rings is 4. The maximum Gasteiger partial charge on any atom is 0.148 e. The van der Waals surface area contributed by atoms with Crippen LogP contribution in [0, 0.1) is 0 Å². The summed E-state index contributed by atoms with van der Waals surface area (Å²) in [6.45, 7) is -0.583. The molecule has 240 valence electrons. The standard InChI is InChI=1S/C40H32N5O4/c46-21-29-5-1-25-17-33(9-13-37(25)41-29)45(34-10-14-38-26(18-34)2-6-30(22-47)42-38,35-11-15-39-27(19-35)3-7-31(23-48)43-39)36-12-16-40-28(20-36)4-8-32(24-49)44-40/h1-20,46-49H,21-24H2/q+1. The van der Waals surface area contributed by atoms with E-state index in [1.165, 1.54) is 0 Å². The van der Waals surface area contributed by atoms with E-state index in [1.54, 1.807) is 0 Å². The van der Waals surface area contributed by atoms with Crippen LogP contribution >= 0.6 is 0 Å². The van der Waals surface area contributed by atoms with Gasteiger partial charge in [-0.2, -0.15) is 4.48 Å². The lowest BCUT2D eigenvalue weighted by molar-refractivity contribution is 0.277. The second-order valence-electron chi connectivity index (χ2n) is 12.0. The molecule has 8 rings (SSSR count). The van der Waals surface area contributed by atoms with Gasteiger partial charge >= 0.3 is 0 Å². The molecule has 0 aliphatic heterocycles. The van der Waals surface area contributed by atoms with Crippen molar-refractivity contribution >= 4 is 66.4 Å². The van der Waals surface area contributed by atoms with Gasteiger partial charge in [-0.1, -0.05) is 24.3 Å². The number of nitrogens with zero attached hydrogens (tertiary/aromatic N) is 5. The third kappa shape index (κ3) is 5.26. The molecule has 49 heavy (non-hydrogen) atoms. The molecule has 0 aliphatic carbocycles. The van der Waals surface area contributed by atoms with Gasteiger partial charge in [0.1, 0.15) is 22.7 Å². The summed E-state index contributed by atoms with van der Waals surface area (Å²) in [4.78, 5) is 18.7. The molecule has 9 heteroatoms. The van der Waals surface area contributed by atoms with Gasteiger partial charge in [-0.25, -0.2) is 0 Å². The van der Waals surface area contributed by atoms with Crippen molar-refractivity contribution in [3.63, 3.8) is 0 Å². The number of hydrogen-bond donors (Lipinski definition) is 4. The molecular weight excluding hydrogens is 614 g/mol. The van der Waals surface area contributed by atoms with E-state index in [9.17, 15) is 20.4 Å². The quantitative estimate of drug-likeness (QED) is 0.128. The SMILES string of the molecule is OCc1ccc2cc([N+](c3ccc4nc(CO)ccc4c3)(c3ccc4nc(CO)ccc4c3)c3ccc4nc(CO)ccc4c3)ccc2n1. The van der Waals surface area contributed by atoms with Crippen LogP contribution in [-0.2, 0) is 26.4 Å². The van der Waals surface area contributed by atoms with Gasteiger partial charge in [0.25, 0.3) is 0 Å². The van der Waals surface area contributed by atoms with E-state index >= 15 is 0 Å². The highest BCUT2D eigenvalue weighted by atomic mass is 16.3. The monoisotopic (exact) mass is 646 g/mol. The minimum absolute atomic E-state index is 0.146. The van der Waals surface area contributed by atoms with E-state index in [1.807, 2.05) is 72.8 Å². The largest absolute Gasteiger partial charge is 0.390 e. The molecule has 0 atom stereocenters. The van der Waals surface area contributed by atoms with Crippen LogP contribution in [-0.4, -0.2) is 40.4 Å². The summed E-state index contributed by atoms with van der Waals surface area (Å²) in [6.07, 6.45) is 0. The molecular formula is C40H32N5O4+. The summed E-state index contributed by atoms with van der Waals surface area (Å²) < 4.78 is 0.158. The predicted molar refractivity (Wildman–Crippen MR) is 191 cm³/mol. The van der Waals surface area contributed by atoms with Crippen molar-refractivity contribution in [3.05, 3.63) is 144 Å². The molecule has 0 amide bonds. The van der Waals surface area contributed by atoms with Crippen molar-refractivity contribution in [3.8, 4) is 0 Å². The molecule has 0 saturated heterocycles. The van der Waals surface area contributed by atoms with Crippen LogP contribution < -0.4 is 4.48 Å². The summed E-state index contributed by atoms with van der Waals surface area (Å²) in [7, 11) is 0. The normalized spacial score (nSPS) is 12.0. The Kier molecular flexibility index (Phi) is 7.76. The van der Waals surface area contributed by atoms with Crippen LogP contribution in [0.5, 0.6) is 0 Å². The summed E-state index contributed by atoms with van der Waals surface area (Å²) in [5, 5.41) is 42.7. The lowest BCUT2D eigenvalue weighted by atomic mass is 10.0. The zero-order valence-corrected chi connectivity index (χ0v) is 26.4. The maximum atomic E-state index is 9.76. The van der Waals surface area contributed by atoms with E-state index < -0.39 is 0 Å². The van der Waals surface area contributed by atoms with E-state index in [0.29, 0.717) is 22.8 Å². The van der Waals surface area contributed by atoms with Crippen LogP contribution in [0.15, 0.2) is 121 Å². The number of hydrogen-bond acceptors (Lipinski definition) is 8. The average molecular weight is 647 g/mol. The van der Waals surface area contributed by atoms with Crippen LogP contribution in [0.25, 0.3) is 43.6 Å². The topological polar surface area (TPSA) is 132 Å². The Morgan fingerprint density at radius 3 is 0.796 bits per heavy atom. The zero-order valence-electron chi connectivity index (χ0n) is 26.4. The molecule has 0 saturated carbocycles. The summed E-state index contributed by atoms with van der Waals surface area (Å²) in [5.74, 6) is 0. The number of aliphatic hydroxyl groups excluding tert-OH is 4. The number of aromatic nitrogens is 4. The van der Waals surface area contributed by atoms with Crippen molar-refractivity contribution in [2.45, 2.75) is 26.4 Å². The minimum Gasteiger partial charge on any atom is -0.390 e. The number of aliphatic hydroxyl groups is 4. The molecule has 8 aromatic rings. The van der Waals surface area contributed by atoms with Crippen LogP contribution in [0.1, 0.15) is 22.8 Å². The third-order valence-corrected chi connectivity index (χ3v) is 9.12. The molecule has 4 aromatic carbocycles. The number of fused-ring (bicyclic) bond motifs is 4. The first kappa shape index (κ1) is 30.6. The summed E-state index contributed by atoms with van der Waals surface area (Å²) >= 11 is 0. The second kappa shape index (κ2) is 12.4. The lowest BCUT2D eigenvalue weighted by Crippen LogP contribution is -2.33. The fraction of sp³-hybridized carbons (Fsp3) is 0.100. The first-order valence-electron chi connectivity index (χ1n) is 16.0. The summed E-state index contributed by atoms with van der Waals surface area (Å²) in [5.41, 5.74) is 9.20. The molecule has 9 nitrogen and oxygen atoms in total. The van der Waals surface area contributed by atoms with Gasteiger partial charge in [0, 0.05) is 70.1 Å². The van der Waals surface area contributed by atoms with Crippen molar-refractivity contribution in [1.82, 2.24) is 24.4 Å². The first-order valence-corrected chi connectivity index (χ1v) is 16.0. The lowest BCUT2D eigenvalue weighted by Gasteiger charge is -2.37. The van der Waals surface area contributed by atoms with E-state index in [-0.39, 0.29) is 30.9 Å². The van der Waals surface area contributed by atoms with Gasteiger partial charge in [-0.3, -0.25) is 19.9 Å². The minimum atomic E-state index is -0.146. The van der Waals surface area contributed by atoms with Gasteiger partial charge in [0.15, 0.2) is 0 Å². The van der Waals surface area contributed by atoms with Crippen molar-refractivity contribution in [2.75, 3.05) is 0 Å². The Labute approximate surface area is 281 Å². The Bertz CT molecular complexity index is 2180. The number of rotatable bonds is 8. The highest BCUT2D eigenvalue weighted by Gasteiger charge is 2.40. The molecule has 4 aromatic heterocycles. The van der Waals surface area contributed by atoms with Gasteiger partial charge in [0.2, 0.25) is 0 Å². The van der Waals surface area contributed by atoms with Crippen LogP contribution in [0.3, 0.4) is 0 Å². The predicted octanol–water partition coefficient (Wildman–Crippen LogP) is 7.15.